The van der Waals surface area contributed by atoms with Gasteiger partial charge in [-0.2, -0.15) is 0 Å². The number of anilines is 1. The number of benzene rings is 3. The molecular weight excluding hydrogens is 482 g/mol. The summed E-state index contributed by atoms with van der Waals surface area (Å²) in [5.74, 6) is -0.0158. The number of aryl methyl sites for hydroxylation is 3. The summed E-state index contributed by atoms with van der Waals surface area (Å²) in [4.78, 5) is 28.6. The second-order valence-corrected chi connectivity index (χ2v) is 9.22. The number of methoxy groups -OCH3 is 1. The SMILES string of the molecule is CCOc1ccc(/C(O)=C2\C(=O)C(=O)N(c3ccc(C)cc3C)C2c2ccc(OC)c(OCC)c2)cc1C. The molecule has 1 aliphatic heterocycles. The topological polar surface area (TPSA) is 85.3 Å². The van der Waals surface area contributed by atoms with E-state index >= 15 is 0 Å². The summed E-state index contributed by atoms with van der Waals surface area (Å²) < 4.78 is 16.9. The molecule has 198 valence electrons. The molecule has 1 heterocycles. The molecule has 7 nitrogen and oxygen atoms in total. The summed E-state index contributed by atoms with van der Waals surface area (Å²) in [6, 6.07) is 15.3. The van der Waals surface area contributed by atoms with E-state index in [-0.39, 0.29) is 11.3 Å². The number of hydrogen-bond donors (Lipinski definition) is 1. The number of amides is 1. The highest BCUT2D eigenvalue weighted by Crippen LogP contribution is 2.45. The van der Waals surface area contributed by atoms with Crippen LogP contribution in [-0.4, -0.2) is 37.1 Å². The third kappa shape index (κ3) is 4.84. The van der Waals surface area contributed by atoms with Crippen LogP contribution in [0, 0.1) is 20.8 Å². The Morgan fingerprint density at radius 1 is 0.842 bits per heavy atom. The predicted molar refractivity (Wildman–Crippen MR) is 147 cm³/mol. The van der Waals surface area contributed by atoms with Crippen LogP contribution in [0.15, 0.2) is 60.2 Å². The van der Waals surface area contributed by atoms with Gasteiger partial charge in [0.25, 0.3) is 11.7 Å². The van der Waals surface area contributed by atoms with Gasteiger partial charge in [0.15, 0.2) is 11.5 Å². The Bertz CT molecular complexity index is 1420. The molecular formula is C31H33NO6. The fourth-order valence-corrected chi connectivity index (χ4v) is 4.87. The summed E-state index contributed by atoms with van der Waals surface area (Å²) in [5, 5.41) is 11.5. The zero-order chi connectivity index (χ0) is 27.6. The van der Waals surface area contributed by atoms with Gasteiger partial charge in [-0.15, -0.1) is 0 Å². The average molecular weight is 516 g/mol. The van der Waals surface area contributed by atoms with Crippen LogP contribution in [-0.2, 0) is 9.59 Å². The molecule has 1 atom stereocenters. The first-order chi connectivity index (χ1) is 18.2. The molecule has 1 aliphatic rings. The van der Waals surface area contributed by atoms with Gasteiger partial charge in [-0.25, -0.2) is 0 Å². The number of aliphatic hydroxyl groups excluding tert-OH is 1. The van der Waals surface area contributed by atoms with Crippen molar-refractivity contribution in [2.45, 2.75) is 40.7 Å². The van der Waals surface area contributed by atoms with Crippen molar-refractivity contribution in [3.8, 4) is 17.2 Å². The summed E-state index contributed by atoms with van der Waals surface area (Å²) in [6.45, 7) is 10.4. The van der Waals surface area contributed by atoms with Crippen molar-refractivity contribution < 1.29 is 28.9 Å². The van der Waals surface area contributed by atoms with E-state index in [4.69, 9.17) is 14.2 Å². The van der Waals surface area contributed by atoms with E-state index in [0.29, 0.717) is 47.3 Å². The number of carbonyl (C=O) groups excluding carboxylic acids is 2. The highest BCUT2D eigenvalue weighted by Gasteiger charge is 2.47. The second-order valence-electron chi connectivity index (χ2n) is 9.22. The molecule has 0 spiro atoms. The van der Waals surface area contributed by atoms with Crippen molar-refractivity contribution in [1.82, 2.24) is 0 Å². The first-order valence-electron chi connectivity index (χ1n) is 12.6. The molecule has 3 aromatic carbocycles. The maximum Gasteiger partial charge on any atom is 0.300 e. The van der Waals surface area contributed by atoms with Gasteiger partial charge in [0.1, 0.15) is 11.5 Å². The van der Waals surface area contributed by atoms with Crippen molar-refractivity contribution in [2.75, 3.05) is 25.2 Å². The molecule has 0 radical (unpaired) electrons. The van der Waals surface area contributed by atoms with Crippen LogP contribution in [0.1, 0.15) is 47.7 Å². The predicted octanol–water partition coefficient (Wildman–Crippen LogP) is 6.04. The first kappa shape index (κ1) is 26.8. The lowest BCUT2D eigenvalue weighted by Crippen LogP contribution is -2.30. The lowest BCUT2D eigenvalue weighted by atomic mass is 9.94. The highest BCUT2D eigenvalue weighted by atomic mass is 16.5. The Labute approximate surface area is 223 Å². The Morgan fingerprint density at radius 2 is 1.53 bits per heavy atom. The summed E-state index contributed by atoms with van der Waals surface area (Å²) in [7, 11) is 1.55. The van der Waals surface area contributed by atoms with Gasteiger partial charge in [0.2, 0.25) is 0 Å². The largest absolute Gasteiger partial charge is 0.507 e. The third-order valence-electron chi connectivity index (χ3n) is 6.61. The van der Waals surface area contributed by atoms with E-state index in [1.165, 1.54) is 4.90 Å². The molecule has 1 amide bonds. The zero-order valence-electron chi connectivity index (χ0n) is 22.6. The molecule has 7 heteroatoms. The number of hydrogen-bond acceptors (Lipinski definition) is 6. The number of ether oxygens (including phenoxy) is 3. The van der Waals surface area contributed by atoms with Crippen molar-refractivity contribution in [3.05, 3.63) is 88.0 Å². The van der Waals surface area contributed by atoms with Gasteiger partial charge in [-0.3, -0.25) is 14.5 Å². The monoisotopic (exact) mass is 515 g/mol. The summed E-state index contributed by atoms with van der Waals surface area (Å²) in [5.41, 5.74) is 4.31. The molecule has 1 saturated heterocycles. The van der Waals surface area contributed by atoms with Crippen LogP contribution in [0.5, 0.6) is 17.2 Å². The highest BCUT2D eigenvalue weighted by molar-refractivity contribution is 6.51. The number of carbonyl (C=O) groups is 2. The van der Waals surface area contributed by atoms with Gasteiger partial charge in [0, 0.05) is 11.3 Å². The Balaban J connectivity index is 1.96. The van der Waals surface area contributed by atoms with Crippen LogP contribution >= 0.6 is 0 Å². The fraction of sp³-hybridized carbons (Fsp3) is 0.290. The molecule has 3 aromatic rings. The molecule has 0 saturated carbocycles. The van der Waals surface area contributed by atoms with E-state index in [9.17, 15) is 14.7 Å². The molecule has 1 unspecified atom stereocenters. The number of Topliss-reactive ketones (excluding diaryl/α,β-unsaturated/α-hetero) is 1. The number of nitrogens with zero attached hydrogens (tertiary/aromatic N) is 1. The fourth-order valence-electron chi connectivity index (χ4n) is 4.87. The van der Waals surface area contributed by atoms with Crippen LogP contribution in [0.2, 0.25) is 0 Å². The van der Waals surface area contributed by atoms with E-state index in [1.54, 1.807) is 43.5 Å². The second kappa shape index (κ2) is 11.0. The van der Waals surface area contributed by atoms with E-state index < -0.39 is 17.7 Å². The third-order valence-corrected chi connectivity index (χ3v) is 6.61. The normalized spacial score (nSPS) is 16.6. The zero-order valence-corrected chi connectivity index (χ0v) is 22.6. The minimum atomic E-state index is -0.881. The summed E-state index contributed by atoms with van der Waals surface area (Å²) >= 11 is 0. The Hall–Kier alpha value is -4.26. The molecule has 1 N–H and O–H groups in total. The van der Waals surface area contributed by atoms with Crippen molar-refractivity contribution in [1.29, 1.82) is 0 Å². The summed E-state index contributed by atoms with van der Waals surface area (Å²) in [6.07, 6.45) is 0. The van der Waals surface area contributed by atoms with E-state index in [2.05, 4.69) is 0 Å². The maximum absolute atomic E-state index is 13.6. The minimum Gasteiger partial charge on any atom is -0.507 e. The Morgan fingerprint density at radius 3 is 2.16 bits per heavy atom. The molecule has 0 aliphatic carbocycles. The van der Waals surface area contributed by atoms with Gasteiger partial charge in [0.05, 0.1) is 31.9 Å². The molecule has 0 aromatic heterocycles. The molecule has 4 rings (SSSR count). The quantitative estimate of drug-likeness (QED) is 0.224. The lowest BCUT2D eigenvalue weighted by molar-refractivity contribution is -0.132. The smallest absolute Gasteiger partial charge is 0.300 e. The van der Waals surface area contributed by atoms with Gasteiger partial charge in [-0.1, -0.05) is 23.8 Å². The average Bonchev–Trinajstić information content (AvgIpc) is 3.15. The molecule has 1 fully saturated rings. The van der Waals surface area contributed by atoms with Crippen LogP contribution in [0.3, 0.4) is 0 Å². The molecule has 0 bridgehead atoms. The maximum atomic E-state index is 13.6. The van der Waals surface area contributed by atoms with Crippen LogP contribution in [0.25, 0.3) is 5.76 Å². The first-order valence-corrected chi connectivity index (χ1v) is 12.6. The number of rotatable bonds is 8. The van der Waals surface area contributed by atoms with Crippen molar-refractivity contribution in [2.24, 2.45) is 0 Å². The molecule has 38 heavy (non-hydrogen) atoms. The number of ketones is 1. The minimum absolute atomic E-state index is 0.00569. The van der Waals surface area contributed by atoms with Gasteiger partial charge < -0.3 is 19.3 Å². The standard InChI is InChI=1S/C31H33NO6/c1-7-37-24-13-11-22(16-20(24)5)29(33)27-28(21-10-14-25(36-6)26(17-21)38-8-2)32(31(35)30(27)34)23-12-9-18(3)15-19(23)4/h9-17,28,33H,7-8H2,1-6H3/b29-27+. The lowest BCUT2D eigenvalue weighted by Gasteiger charge is -2.27. The Kier molecular flexibility index (Phi) is 7.76. The van der Waals surface area contributed by atoms with Gasteiger partial charge >= 0.3 is 0 Å². The van der Waals surface area contributed by atoms with E-state index in [1.807, 2.05) is 52.8 Å². The van der Waals surface area contributed by atoms with Crippen molar-refractivity contribution in [3.63, 3.8) is 0 Å². The van der Waals surface area contributed by atoms with Crippen molar-refractivity contribution >= 4 is 23.1 Å². The number of aliphatic hydroxyl groups is 1. The van der Waals surface area contributed by atoms with Crippen LogP contribution < -0.4 is 19.1 Å². The van der Waals surface area contributed by atoms with Crippen LogP contribution in [0.4, 0.5) is 5.69 Å². The van der Waals surface area contributed by atoms with Gasteiger partial charge in [-0.05, 0) is 87.7 Å². The van der Waals surface area contributed by atoms with E-state index in [0.717, 1.165) is 16.7 Å².